The summed E-state index contributed by atoms with van der Waals surface area (Å²) in [7, 11) is 3.11. The van der Waals surface area contributed by atoms with Crippen LogP contribution in [0, 0.1) is 5.82 Å². The second-order valence-electron chi connectivity index (χ2n) is 5.84. The molecule has 28 heavy (non-hydrogen) atoms. The van der Waals surface area contributed by atoms with Gasteiger partial charge in [-0.3, -0.25) is 0 Å². The van der Waals surface area contributed by atoms with Crippen LogP contribution in [0.15, 0.2) is 47.5 Å². The third kappa shape index (κ3) is 7.16. The highest BCUT2D eigenvalue weighted by Gasteiger charge is 2.12. The number of aliphatic hydroxyl groups is 1. The van der Waals surface area contributed by atoms with E-state index in [9.17, 15) is 9.50 Å². The first-order valence-electron chi connectivity index (χ1n) is 8.74. The smallest absolute Gasteiger partial charge is 0.191 e. The van der Waals surface area contributed by atoms with Gasteiger partial charge in [0.05, 0.1) is 26.9 Å². The molecule has 0 aromatic heterocycles. The van der Waals surface area contributed by atoms with Gasteiger partial charge in [-0.1, -0.05) is 18.2 Å². The van der Waals surface area contributed by atoms with Crippen molar-refractivity contribution in [2.45, 2.75) is 19.6 Å². The van der Waals surface area contributed by atoms with Crippen LogP contribution in [0.2, 0.25) is 0 Å². The SMILES string of the molecule is CCNC(=NCc1cccc(F)c1)NCC(O)c1ccc(OC)c(OC)c1.I. The van der Waals surface area contributed by atoms with Crippen molar-refractivity contribution in [3.05, 3.63) is 59.4 Å². The summed E-state index contributed by atoms with van der Waals surface area (Å²) in [5.41, 5.74) is 1.47. The molecule has 0 heterocycles. The van der Waals surface area contributed by atoms with Crippen molar-refractivity contribution in [3.63, 3.8) is 0 Å². The number of hydrogen-bond donors (Lipinski definition) is 3. The van der Waals surface area contributed by atoms with Crippen LogP contribution in [-0.4, -0.2) is 38.4 Å². The Kier molecular flexibility index (Phi) is 10.6. The lowest BCUT2D eigenvalue weighted by Gasteiger charge is -2.17. The topological polar surface area (TPSA) is 75.1 Å². The minimum atomic E-state index is -0.761. The third-order valence-corrected chi connectivity index (χ3v) is 3.91. The zero-order valence-corrected chi connectivity index (χ0v) is 18.6. The van der Waals surface area contributed by atoms with Crippen molar-refractivity contribution in [2.75, 3.05) is 27.3 Å². The highest BCUT2D eigenvalue weighted by molar-refractivity contribution is 14.0. The first-order valence-corrected chi connectivity index (χ1v) is 8.74. The maximum absolute atomic E-state index is 13.3. The van der Waals surface area contributed by atoms with Gasteiger partial charge in [0.1, 0.15) is 5.82 Å². The highest BCUT2D eigenvalue weighted by Crippen LogP contribution is 2.29. The molecular weight excluding hydrogens is 476 g/mol. The monoisotopic (exact) mass is 503 g/mol. The molecule has 0 aliphatic heterocycles. The molecule has 8 heteroatoms. The fourth-order valence-electron chi connectivity index (χ4n) is 2.52. The number of aliphatic hydroxyl groups excluding tert-OH is 1. The molecule has 1 unspecified atom stereocenters. The Morgan fingerprint density at radius 2 is 1.86 bits per heavy atom. The molecule has 154 valence electrons. The Balaban J connectivity index is 0.00000392. The van der Waals surface area contributed by atoms with Gasteiger partial charge < -0.3 is 25.2 Å². The number of aliphatic imine (C=N–C) groups is 1. The molecule has 2 aromatic rings. The van der Waals surface area contributed by atoms with Gasteiger partial charge in [0.15, 0.2) is 17.5 Å². The number of methoxy groups -OCH3 is 2. The Labute approximate surface area is 182 Å². The lowest BCUT2D eigenvalue weighted by atomic mass is 10.1. The fraction of sp³-hybridized carbons (Fsp3) is 0.350. The van der Waals surface area contributed by atoms with Gasteiger partial charge in [-0.05, 0) is 42.3 Å². The molecule has 0 saturated carbocycles. The minimum absolute atomic E-state index is 0. The summed E-state index contributed by atoms with van der Waals surface area (Å²) < 4.78 is 23.7. The summed E-state index contributed by atoms with van der Waals surface area (Å²) in [4.78, 5) is 4.42. The molecule has 0 aliphatic rings. The Morgan fingerprint density at radius 3 is 2.50 bits per heavy atom. The Morgan fingerprint density at radius 1 is 1.11 bits per heavy atom. The summed E-state index contributed by atoms with van der Waals surface area (Å²) in [6, 6.07) is 11.6. The molecule has 0 amide bonds. The highest BCUT2D eigenvalue weighted by atomic mass is 127. The van der Waals surface area contributed by atoms with E-state index in [0.717, 1.165) is 5.56 Å². The number of benzene rings is 2. The number of hydrogen-bond acceptors (Lipinski definition) is 4. The first kappa shape index (κ1) is 24.0. The molecule has 2 aromatic carbocycles. The summed E-state index contributed by atoms with van der Waals surface area (Å²) >= 11 is 0. The number of nitrogens with zero attached hydrogens (tertiary/aromatic N) is 1. The van der Waals surface area contributed by atoms with E-state index in [4.69, 9.17) is 9.47 Å². The van der Waals surface area contributed by atoms with E-state index in [1.165, 1.54) is 12.1 Å². The zero-order valence-electron chi connectivity index (χ0n) is 16.2. The summed E-state index contributed by atoms with van der Waals surface area (Å²) in [6.45, 7) is 3.20. The van der Waals surface area contributed by atoms with Gasteiger partial charge in [0.25, 0.3) is 0 Å². The van der Waals surface area contributed by atoms with Crippen molar-refractivity contribution >= 4 is 29.9 Å². The normalized spacial score (nSPS) is 12.0. The van der Waals surface area contributed by atoms with Gasteiger partial charge in [-0.2, -0.15) is 0 Å². The zero-order chi connectivity index (χ0) is 19.6. The minimum Gasteiger partial charge on any atom is -0.493 e. The summed E-state index contributed by atoms with van der Waals surface area (Å²) in [5, 5.41) is 16.6. The van der Waals surface area contributed by atoms with Crippen LogP contribution in [-0.2, 0) is 6.54 Å². The van der Waals surface area contributed by atoms with Crippen LogP contribution in [0.1, 0.15) is 24.2 Å². The number of rotatable bonds is 8. The van der Waals surface area contributed by atoms with Crippen LogP contribution in [0.3, 0.4) is 0 Å². The molecule has 1 atom stereocenters. The summed E-state index contributed by atoms with van der Waals surface area (Å²) in [5.74, 6) is 1.41. The molecule has 0 bridgehead atoms. The Hall–Kier alpha value is -2.07. The van der Waals surface area contributed by atoms with E-state index < -0.39 is 6.10 Å². The van der Waals surface area contributed by atoms with Crippen molar-refractivity contribution in [2.24, 2.45) is 4.99 Å². The van der Waals surface area contributed by atoms with Crippen molar-refractivity contribution in [3.8, 4) is 11.5 Å². The number of guanidine groups is 1. The van der Waals surface area contributed by atoms with Gasteiger partial charge in [0, 0.05) is 13.1 Å². The maximum Gasteiger partial charge on any atom is 0.191 e. The van der Waals surface area contributed by atoms with E-state index in [0.29, 0.717) is 36.1 Å². The number of halogens is 2. The first-order chi connectivity index (χ1) is 13.1. The van der Waals surface area contributed by atoms with Crippen LogP contribution < -0.4 is 20.1 Å². The molecule has 6 nitrogen and oxygen atoms in total. The van der Waals surface area contributed by atoms with E-state index >= 15 is 0 Å². The third-order valence-electron chi connectivity index (χ3n) is 3.91. The molecule has 0 spiro atoms. The molecule has 0 fully saturated rings. The molecule has 0 radical (unpaired) electrons. The van der Waals surface area contributed by atoms with Crippen LogP contribution in [0.25, 0.3) is 0 Å². The second kappa shape index (κ2) is 12.4. The van der Waals surface area contributed by atoms with E-state index in [2.05, 4.69) is 15.6 Å². The fourth-order valence-corrected chi connectivity index (χ4v) is 2.52. The Bertz CT molecular complexity index is 774. The van der Waals surface area contributed by atoms with Crippen molar-refractivity contribution in [1.29, 1.82) is 0 Å². The lowest BCUT2D eigenvalue weighted by molar-refractivity contribution is 0.180. The predicted molar refractivity (Wildman–Crippen MR) is 119 cm³/mol. The standard InChI is InChI=1S/C20H26FN3O3.HI/c1-4-22-20(23-12-14-6-5-7-16(21)10-14)24-13-17(25)15-8-9-18(26-2)19(11-15)27-3;/h5-11,17,25H,4,12-13H2,1-3H3,(H2,22,23,24);1H. The van der Waals surface area contributed by atoms with Gasteiger partial charge in [-0.25, -0.2) is 9.38 Å². The second-order valence-corrected chi connectivity index (χ2v) is 5.84. The molecule has 3 N–H and O–H groups in total. The van der Waals surface area contributed by atoms with E-state index in [1.807, 2.05) is 13.0 Å². The van der Waals surface area contributed by atoms with Crippen LogP contribution >= 0.6 is 24.0 Å². The van der Waals surface area contributed by atoms with Gasteiger partial charge >= 0.3 is 0 Å². The van der Waals surface area contributed by atoms with Gasteiger partial charge in [0.2, 0.25) is 0 Å². The lowest BCUT2D eigenvalue weighted by Crippen LogP contribution is -2.39. The number of nitrogens with one attached hydrogen (secondary N) is 2. The average Bonchev–Trinajstić information content (AvgIpc) is 2.69. The predicted octanol–water partition coefficient (Wildman–Crippen LogP) is 3.25. The van der Waals surface area contributed by atoms with Gasteiger partial charge in [-0.15, -0.1) is 24.0 Å². The average molecular weight is 503 g/mol. The molecule has 2 rings (SSSR count). The van der Waals surface area contributed by atoms with E-state index in [-0.39, 0.29) is 36.3 Å². The van der Waals surface area contributed by atoms with Crippen molar-refractivity contribution < 1.29 is 19.0 Å². The molecule has 0 saturated heterocycles. The van der Waals surface area contributed by atoms with E-state index in [1.54, 1.807) is 38.5 Å². The largest absolute Gasteiger partial charge is 0.493 e. The van der Waals surface area contributed by atoms with Crippen molar-refractivity contribution in [1.82, 2.24) is 10.6 Å². The quantitative estimate of drug-likeness (QED) is 0.293. The number of ether oxygens (including phenoxy) is 2. The van der Waals surface area contributed by atoms with Crippen LogP contribution in [0.4, 0.5) is 4.39 Å². The summed E-state index contributed by atoms with van der Waals surface area (Å²) in [6.07, 6.45) is -0.761. The van der Waals surface area contributed by atoms with Crippen LogP contribution in [0.5, 0.6) is 11.5 Å². The molecular formula is C20H27FIN3O3. The molecule has 0 aliphatic carbocycles. The maximum atomic E-state index is 13.3.